The van der Waals surface area contributed by atoms with Crippen LogP contribution in [0.1, 0.15) is 55.5 Å². The second kappa shape index (κ2) is 11.9. The summed E-state index contributed by atoms with van der Waals surface area (Å²) in [6.45, 7) is 13.6. The molecule has 0 N–H and O–H groups in total. The molecule has 2 aliphatic heterocycles. The average Bonchev–Trinajstić information content (AvgIpc) is 2.97. The summed E-state index contributed by atoms with van der Waals surface area (Å²) in [6.07, 6.45) is 7.07. The van der Waals surface area contributed by atoms with Gasteiger partial charge in [0.25, 0.3) is 5.91 Å². The SMILES string of the molecule is C=CCN1CCC2CCCC(C1)N2Cc1ccc(C(=O)N(CC)CC)cc1-c1cccc(OC)c1. The van der Waals surface area contributed by atoms with Crippen molar-refractivity contribution in [3.63, 3.8) is 0 Å². The molecule has 0 saturated carbocycles. The van der Waals surface area contributed by atoms with E-state index in [2.05, 4.69) is 40.6 Å². The zero-order valence-electron chi connectivity index (χ0n) is 21.7. The van der Waals surface area contributed by atoms with Gasteiger partial charge in [-0.05, 0) is 74.1 Å². The first-order valence-corrected chi connectivity index (χ1v) is 13.2. The molecule has 2 aliphatic rings. The van der Waals surface area contributed by atoms with Crippen molar-refractivity contribution in [3.05, 3.63) is 66.2 Å². The third-order valence-electron chi connectivity index (χ3n) is 7.79. The number of methoxy groups -OCH3 is 1. The molecule has 2 unspecified atom stereocenters. The number of nitrogens with zero attached hydrogens (tertiary/aromatic N) is 3. The minimum Gasteiger partial charge on any atom is -0.497 e. The minimum atomic E-state index is 0.0948. The molecular weight excluding hydrogens is 434 g/mol. The smallest absolute Gasteiger partial charge is 0.253 e. The van der Waals surface area contributed by atoms with Gasteiger partial charge in [-0.2, -0.15) is 0 Å². The van der Waals surface area contributed by atoms with Crippen molar-refractivity contribution in [2.24, 2.45) is 0 Å². The number of benzene rings is 2. The fraction of sp³-hybridized carbons (Fsp3) is 0.500. The number of hydrogen-bond donors (Lipinski definition) is 0. The van der Waals surface area contributed by atoms with E-state index in [1.165, 1.54) is 31.2 Å². The van der Waals surface area contributed by atoms with Crippen molar-refractivity contribution in [3.8, 4) is 16.9 Å². The van der Waals surface area contributed by atoms with Gasteiger partial charge >= 0.3 is 0 Å². The summed E-state index contributed by atoms with van der Waals surface area (Å²) in [5.74, 6) is 0.929. The monoisotopic (exact) mass is 475 g/mol. The largest absolute Gasteiger partial charge is 0.497 e. The molecule has 0 radical (unpaired) electrons. The highest BCUT2D eigenvalue weighted by atomic mass is 16.5. The van der Waals surface area contributed by atoms with Crippen LogP contribution in [0, 0.1) is 0 Å². The molecule has 0 spiro atoms. The lowest BCUT2D eigenvalue weighted by Crippen LogP contribution is -2.47. The number of rotatable bonds is 9. The Labute approximate surface area is 211 Å². The highest BCUT2D eigenvalue weighted by molar-refractivity contribution is 5.95. The van der Waals surface area contributed by atoms with Crippen LogP contribution >= 0.6 is 0 Å². The Hall–Kier alpha value is -2.63. The molecule has 35 heavy (non-hydrogen) atoms. The predicted octanol–water partition coefficient (Wildman–Crippen LogP) is 5.46. The molecule has 2 atom stereocenters. The molecule has 2 bridgehead atoms. The predicted molar refractivity (Wildman–Crippen MR) is 144 cm³/mol. The van der Waals surface area contributed by atoms with Crippen LogP contribution in [0.2, 0.25) is 0 Å². The Kier molecular flexibility index (Phi) is 8.64. The van der Waals surface area contributed by atoms with Gasteiger partial charge in [0.05, 0.1) is 7.11 Å². The van der Waals surface area contributed by atoms with Gasteiger partial charge in [-0.1, -0.05) is 30.7 Å². The van der Waals surface area contributed by atoms with Crippen LogP contribution in [-0.4, -0.2) is 72.5 Å². The zero-order chi connectivity index (χ0) is 24.8. The van der Waals surface area contributed by atoms with Gasteiger partial charge < -0.3 is 9.64 Å². The van der Waals surface area contributed by atoms with Crippen LogP contribution in [0.3, 0.4) is 0 Å². The minimum absolute atomic E-state index is 0.0948. The van der Waals surface area contributed by atoms with Gasteiger partial charge in [-0.15, -0.1) is 6.58 Å². The lowest BCUT2D eigenvalue weighted by Gasteiger charge is -2.41. The third kappa shape index (κ3) is 5.79. The van der Waals surface area contributed by atoms with E-state index < -0.39 is 0 Å². The van der Waals surface area contributed by atoms with Crippen LogP contribution in [0.4, 0.5) is 0 Å². The average molecular weight is 476 g/mol. The molecule has 2 fully saturated rings. The van der Waals surface area contributed by atoms with Crippen LogP contribution in [-0.2, 0) is 6.54 Å². The summed E-state index contributed by atoms with van der Waals surface area (Å²) >= 11 is 0. The van der Waals surface area contributed by atoms with Crippen molar-refractivity contribution in [2.45, 2.75) is 58.2 Å². The molecule has 1 amide bonds. The molecule has 4 rings (SSSR count). The van der Waals surface area contributed by atoms with E-state index in [1.807, 2.05) is 43.0 Å². The number of hydrogen-bond acceptors (Lipinski definition) is 4. The molecule has 0 aromatic heterocycles. The maximum absolute atomic E-state index is 13.2. The Bertz CT molecular complexity index is 1020. The highest BCUT2D eigenvalue weighted by Gasteiger charge is 2.34. The molecule has 2 saturated heterocycles. The molecule has 5 nitrogen and oxygen atoms in total. The first-order chi connectivity index (χ1) is 17.1. The molecule has 188 valence electrons. The van der Waals surface area contributed by atoms with E-state index in [-0.39, 0.29) is 5.91 Å². The van der Waals surface area contributed by atoms with Gasteiger partial charge in [0.2, 0.25) is 0 Å². The Morgan fingerprint density at radius 3 is 2.66 bits per heavy atom. The Morgan fingerprint density at radius 1 is 1.11 bits per heavy atom. The Morgan fingerprint density at radius 2 is 1.91 bits per heavy atom. The number of carbonyl (C=O) groups excluding carboxylic acids is 1. The number of piperidine rings is 1. The normalized spacial score (nSPS) is 20.8. The molecule has 2 heterocycles. The lowest BCUT2D eigenvalue weighted by atomic mass is 9.91. The fourth-order valence-electron chi connectivity index (χ4n) is 5.85. The van der Waals surface area contributed by atoms with Crippen LogP contribution in [0.25, 0.3) is 11.1 Å². The van der Waals surface area contributed by atoms with Gasteiger partial charge in [0.15, 0.2) is 0 Å². The van der Waals surface area contributed by atoms with E-state index in [0.29, 0.717) is 25.2 Å². The number of amides is 1. The summed E-state index contributed by atoms with van der Waals surface area (Å²) in [5.41, 5.74) is 4.26. The van der Waals surface area contributed by atoms with E-state index in [1.54, 1.807) is 7.11 Å². The molecule has 2 aromatic carbocycles. The Balaban J connectivity index is 1.70. The molecule has 2 aromatic rings. The van der Waals surface area contributed by atoms with E-state index >= 15 is 0 Å². The van der Waals surface area contributed by atoms with Gasteiger partial charge in [0.1, 0.15) is 5.75 Å². The topological polar surface area (TPSA) is 36.0 Å². The van der Waals surface area contributed by atoms with Crippen molar-refractivity contribution >= 4 is 5.91 Å². The number of ether oxygens (including phenoxy) is 1. The van der Waals surface area contributed by atoms with Crippen molar-refractivity contribution < 1.29 is 9.53 Å². The maximum atomic E-state index is 13.2. The van der Waals surface area contributed by atoms with Crippen molar-refractivity contribution in [1.29, 1.82) is 0 Å². The summed E-state index contributed by atoms with van der Waals surface area (Å²) in [7, 11) is 1.70. The summed E-state index contributed by atoms with van der Waals surface area (Å²) in [4.78, 5) is 20.4. The lowest BCUT2D eigenvalue weighted by molar-refractivity contribution is 0.0770. The van der Waals surface area contributed by atoms with Crippen LogP contribution in [0.15, 0.2) is 55.1 Å². The van der Waals surface area contributed by atoms with E-state index in [9.17, 15) is 4.79 Å². The number of carbonyl (C=O) groups is 1. The summed E-state index contributed by atoms with van der Waals surface area (Å²) < 4.78 is 5.53. The first kappa shape index (κ1) is 25.5. The van der Waals surface area contributed by atoms with E-state index in [0.717, 1.165) is 48.6 Å². The van der Waals surface area contributed by atoms with Gasteiger partial charge in [-0.25, -0.2) is 0 Å². The molecule has 0 aliphatic carbocycles. The second-order valence-corrected chi connectivity index (χ2v) is 9.83. The fourth-order valence-corrected chi connectivity index (χ4v) is 5.85. The number of fused-ring (bicyclic) bond motifs is 2. The van der Waals surface area contributed by atoms with Crippen molar-refractivity contribution in [1.82, 2.24) is 14.7 Å². The van der Waals surface area contributed by atoms with Gasteiger partial charge in [-0.3, -0.25) is 14.6 Å². The standard InChI is InChI=1S/C30H41N3O2/c1-5-17-31-18-16-26-11-9-12-27(22-31)33(26)21-25-15-14-24(30(34)32(6-2)7-3)20-29(25)23-10-8-13-28(19-23)35-4/h5,8,10,13-15,19-20,26-27H,1,6-7,9,11-12,16-18,21-22H2,2-4H3. The quantitative estimate of drug-likeness (QED) is 0.451. The highest BCUT2D eigenvalue weighted by Crippen LogP contribution is 2.34. The van der Waals surface area contributed by atoms with Crippen molar-refractivity contribution in [2.75, 3.05) is 39.8 Å². The van der Waals surface area contributed by atoms with Crippen LogP contribution < -0.4 is 4.74 Å². The van der Waals surface area contributed by atoms with E-state index in [4.69, 9.17) is 4.74 Å². The maximum Gasteiger partial charge on any atom is 0.253 e. The third-order valence-corrected chi connectivity index (χ3v) is 7.79. The van der Waals surface area contributed by atoms with Crippen LogP contribution in [0.5, 0.6) is 5.75 Å². The summed E-state index contributed by atoms with van der Waals surface area (Å²) in [6, 6.07) is 15.7. The zero-order valence-corrected chi connectivity index (χ0v) is 21.7. The molecule has 5 heteroatoms. The summed E-state index contributed by atoms with van der Waals surface area (Å²) in [5, 5.41) is 0. The van der Waals surface area contributed by atoms with Gasteiger partial charge in [0, 0.05) is 56.9 Å². The first-order valence-electron chi connectivity index (χ1n) is 13.2. The second-order valence-electron chi connectivity index (χ2n) is 9.83. The molecular formula is C30H41N3O2.